The van der Waals surface area contributed by atoms with Crippen LogP contribution in [0, 0.1) is 19.3 Å². The predicted molar refractivity (Wildman–Crippen MR) is 104 cm³/mol. The van der Waals surface area contributed by atoms with Crippen molar-refractivity contribution in [3.63, 3.8) is 0 Å². The van der Waals surface area contributed by atoms with E-state index in [0.717, 1.165) is 22.4 Å². The molecule has 5 nitrogen and oxygen atoms in total. The third-order valence-electron chi connectivity index (χ3n) is 4.44. The number of anilines is 1. The molecule has 2 aromatic rings. The van der Waals surface area contributed by atoms with Gasteiger partial charge in [0.15, 0.2) is 0 Å². The van der Waals surface area contributed by atoms with Crippen LogP contribution in [-0.4, -0.2) is 23.6 Å². The fourth-order valence-electron chi connectivity index (χ4n) is 3.07. The monoisotopic (exact) mass is 361 g/mol. The quantitative estimate of drug-likeness (QED) is 0.797. The van der Waals surface area contributed by atoms with Gasteiger partial charge >= 0.3 is 5.97 Å². The average Bonchev–Trinajstić information content (AvgIpc) is 2.66. The standard InChI is InChI=1S/C22H19NO4/c1-3-10-27-20-13-15-8-9-16(12-17(15)11-14(20)2)21(24)23-19-7-5-4-6-18(19)22(25)26/h1,4-7,11-13H,8-10H2,2H3,(H,23,24)(H,25,26). The van der Waals surface area contributed by atoms with Crippen molar-refractivity contribution < 1.29 is 19.4 Å². The molecule has 0 bridgehead atoms. The van der Waals surface area contributed by atoms with E-state index in [4.69, 9.17) is 11.2 Å². The number of carbonyl (C=O) groups is 2. The van der Waals surface area contributed by atoms with E-state index in [2.05, 4.69) is 11.2 Å². The molecule has 0 aromatic heterocycles. The SMILES string of the molecule is C#CCOc1cc2c(cc1C)C=C(C(=O)Nc1ccccc1C(=O)O)CC2. The Balaban J connectivity index is 1.84. The van der Waals surface area contributed by atoms with E-state index in [0.29, 0.717) is 18.4 Å². The summed E-state index contributed by atoms with van der Waals surface area (Å²) in [6, 6.07) is 10.3. The van der Waals surface area contributed by atoms with Gasteiger partial charge in [0.1, 0.15) is 12.4 Å². The molecule has 0 radical (unpaired) electrons. The predicted octanol–water partition coefficient (Wildman–Crippen LogP) is 3.67. The van der Waals surface area contributed by atoms with Crippen LogP contribution in [-0.2, 0) is 11.2 Å². The lowest BCUT2D eigenvalue weighted by Crippen LogP contribution is -2.18. The van der Waals surface area contributed by atoms with Crippen LogP contribution in [0.3, 0.4) is 0 Å². The fourth-order valence-corrected chi connectivity index (χ4v) is 3.07. The summed E-state index contributed by atoms with van der Waals surface area (Å²) in [4.78, 5) is 23.9. The van der Waals surface area contributed by atoms with Crippen LogP contribution in [0.5, 0.6) is 5.75 Å². The smallest absolute Gasteiger partial charge is 0.337 e. The third-order valence-corrected chi connectivity index (χ3v) is 4.44. The summed E-state index contributed by atoms with van der Waals surface area (Å²) in [5, 5.41) is 12.0. The summed E-state index contributed by atoms with van der Waals surface area (Å²) in [6.07, 6.45) is 8.34. The van der Waals surface area contributed by atoms with Gasteiger partial charge in [-0.1, -0.05) is 18.1 Å². The minimum absolute atomic E-state index is 0.0637. The van der Waals surface area contributed by atoms with E-state index in [9.17, 15) is 14.7 Å². The fraction of sp³-hybridized carbons (Fsp3) is 0.182. The van der Waals surface area contributed by atoms with Gasteiger partial charge in [0.2, 0.25) is 0 Å². The molecular formula is C22H19NO4. The second-order valence-electron chi connectivity index (χ2n) is 6.28. The number of aromatic carboxylic acids is 1. The highest BCUT2D eigenvalue weighted by Crippen LogP contribution is 2.31. The van der Waals surface area contributed by atoms with E-state index in [-0.39, 0.29) is 23.8 Å². The van der Waals surface area contributed by atoms with Crippen molar-refractivity contribution in [2.45, 2.75) is 19.8 Å². The first-order chi connectivity index (χ1) is 13.0. The first-order valence-corrected chi connectivity index (χ1v) is 8.53. The van der Waals surface area contributed by atoms with Crippen LogP contribution >= 0.6 is 0 Å². The van der Waals surface area contributed by atoms with Gasteiger partial charge in [0.25, 0.3) is 5.91 Å². The number of terminal acetylenes is 1. The summed E-state index contributed by atoms with van der Waals surface area (Å²) in [6.45, 7) is 2.14. The van der Waals surface area contributed by atoms with Crippen molar-refractivity contribution in [1.82, 2.24) is 0 Å². The highest BCUT2D eigenvalue weighted by molar-refractivity contribution is 6.09. The van der Waals surface area contributed by atoms with E-state index < -0.39 is 5.97 Å². The normalized spacial score (nSPS) is 12.4. The molecule has 0 saturated carbocycles. The molecule has 5 heteroatoms. The number of hydrogen-bond acceptors (Lipinski definition) is 3. The van der Waals surface area contributed by atoms with Crippen molar-refractivity contribution in [2.24, 2.45) is 0 Å². The summed E-state index contributed by atoms with van der Waals surface area (Å²) in [5.41, 5.74) is 3.96. The molecule has 1 aliphatic carbocycles. The van der Waals surface area contributed by atoms with Crippen molar-refractivity contribution in [3.8, 4) is 18.1 Å². The molecule has 2 aromatic carbocycles. The van der Waals surface area contributed by atoms with Gasteiger partial charge in [-0.05, 0) is 66.8 Å². The van der Waals surface area contributed by atoms with Gasteiger partial charge in [-0.2, -0.15) is 0 Å². The molecule has 27 heavy (non-hydrogen) atoms. The molecule has 136 valence electrons. The van der Waals surface area contributed by atoms with E-state index >= 15 is 0 Å². The second-order valence-corrected chi connectivity index (χ2v) is 6.28. The average molecular weight is 361 g/mol. The summed E-state index contributed by atoms with van der Waals surface area (Å²) >= 11 is 0. The number of benzene rings is 2. The highest BCUT2D eigenvalue weighted by Gasteiger charge is 2.19. The van der Waals surface area contributed by atoms with Crippen molar-refractivity contribution in [2.75, 3.05) is 11.9 Å². The van der Waals surface area contributed by atoms with Gasteiger partial charge in [-0.15, -0.1) is 6.42 Å². The minimum Gasteiger partial charge on any atom is -0.481 e. The first-order valence-electron chi connectivity index (χ1n) is 8.53. The Morgan fingerprint density at radius 2 is 2.04 bits per heavy atom. The number of fused-ring (bicyclic) bond motifs is 1. The van der Waals surface area contributed by atoms with Crippen LogP contribution in [0.15, 0.2) is 42.0 Å². The molecule has 0 saturated heterocycles. The zero-order chi connectivity index (χ0) is 19.4. The van der Waals surface area contributed by atoms with Gasteiger partial charge in [0.05, 0.1) is 11.3 Å². The molecule has 1 aliphatic rings. The maximum absolute atomic E-state index is 12.6. The molecule has 0 spiro atoms. The Hall–Kier alpha value is -3.52. The molecule has 0 unspecified atom stereocenters. The van der Waals surface area contributed by atoms with Crippen LogP contribution in [0.25, 0.3) is 6.08 Å². The Labute approximate surface area is 157 Å². The number of carboxylic acids is 1. The number of hydrogen-bond donors (Lipinski definition) is 2. The maximum atomic E-state index is 12.6. The van der Waals surface area contributed by atoms with Gasteiger partial charge in [-0.25, -0.2) is 4.79 Å². The molecule has 0 aliphatic heterocycles. The van der Waals surface area contributed by atoms with Gasteiger partial charge in [-0.3, -0.25) is 4.79 Å². The Kier molecular flexibility index (Phi) is 5.28. The lowest BCUT2D eigenvalue weighted by atomic mass is 9.90. The number of carbonyl (C=O) groups excluding carboxylic acids is 1. The lowest BCUT2D eigenvalue weighted by Gasteiger charge is -2.19. The molecule has 3 rings (SSSR count). The van der Waals surface area contributed by atoms with E-state index in [1.807, 2.05) is 25.1 Å². The molecule has 1 amide bonds. The zero-order valence-electron chi connectivity index (χ0n) is 14.9. The van der Waals surface area contributed by atoms with E-state index in [1.54, 1.807) is 18.2 Å². The van der Waals surface area contributed by atoms with Crippen molar-refractivity contribution in [3.05, 3.63) is 64.2 Å². The van der Waals surface area contributed by atoms with Crippen LogP contribution in [0.1, 0.15) is 33.5 Å². The zero-order valence-corrected chi connectivity index (χ0v) is 14.9. The van der Waals surface area contributed by atoms with Crippen molar-refractivity contribution >= 4 is 23.6 Å². The summed E-state index contributed by atoms with van der Waals surface area (Å²) in [7, 11) is 0. The molecule has 0 fully saturated rings. The van der Waals surface area contributed by atoms with Crippen molar-refractivity contribution in [1.29, 1.82) is 0 Å². The molecular weight excluding hydrogens is 342 g/mol. The van der Waals surface area contributed by atoms with Gasteiger partial charge < -0.3 is 15.2 Å². The van der Waals surface area contributed by atoms with Gasteiger partial charge in [0, 0.05) is 5.57 Å². The molecule has 0 heterocycles. The minimum atomic E-state index is -1.08. The first kappa shape index (κ1) is 18.3. The Morgan fingerprint density at radius 1 is 1.26 bits per heavy atom. The number of ether oxygens (including phenoxy) is 1. The lowest BCUT2D eigenvalue weighted by molar-refractivity contribution is -0.112. The number of carboxylic acid groups (broad SMARTS) is 1. The Morgan fingerprint density at radius 3 is 2.78 bits per heavy atom. The highest BCUT2D eigenvalue weighted by atomic mass is 16.5. The van der Waals surface area contributed by atoms with Crippen LogP contribution in [0.4, 0.5) is 5.69 Å². The number of amides is 1. The summed E-state index contributed by atoms with van der Waals surface area (Å²) < 4.78 is 5.55. The third kappa shape index (κ3) is 4.01. The topological polar surface area (TPSA) is 75.6 Å². The second kappa shape index (κ2) is 7.79. The maximum Gasteiger partial charge on any atom is 0.337 e. The van der Waals surface area contributed by atoms with Crippen LogP contribution < -0.4 is 10.1 Å². The number of nitrogens with one attached hydrogen (secondary N) is 1. The Bertz CT molecular complexity index is 982. The van der Waals surface area contributed by atoms with Crippen LogP contribution in [0.2, 0.25) is 0 Å². The number of para-hydroxylation sites is 1. The number of rotatable bonds is 5. The van der Waals surface area contributed by atoms with E-state index in [1.165, 1.54) is 6.07 Å². The molecule has 0 atom stereocenters. The number of aryl methyl sites for hydroxylation is 2. The summed E-state index contributed by atoms with van der Waals surface area (Å²) in [5.74, 6) is 1.83. The largest absolute Gasteiger partial charge is 0.481 e. The molecule has 2 N–H and O–H groups in total.